The van der Waals surface area contributed by atoms with Gasteiger partial charge in [-0.2, -0.15) is 4.31 Å². The van der Waals surface area contributed by atoms with Crippen molar-refractivity contribution in [1.82, 2.24) is 4.31 Å². The number of sulfonamides is 1. The smallest absolute Gasteiger partial charge is 0.243 e. The zero-order chi connectivity index (χ0) is 19.7. The number of aliphatic hydroxyl groups excluding tert-OH is 1. The van der Waals surface area contributed by atoms with Crippen LogP contribution in [0.25, 0.3) is 4.85 Å². The molecule has 0 bridgehead atoms. The number of benzene rings is 2. The molecule has 1 aliphatic rings. The summed E-state index contributed by atoms with van der Waals surface area (Å²) in [5.74, 6) is -0.453. The van der Waals surface area contributed by atoms with Crippen molar-refractivity contribution in [1.29, 1.82) is 0 Å². The van der Waals surface area contributed by atoms with E-state index in [1.807, 2.05) is 6.92 Å². The van der Waals surface area contributed by atoms with Gasteiger partial charge in [-0.1, -0.05) is 17.7 Å². The molecule has 1 aliphatic heterocycles. The predicted molar refractivity (Wildman–Crippen MR) is 97.6 cm³/mol. The molecule has 142 valence electrons. The number of rotatable bonds is 6. The maximum Gasteiger partial charge on any atom is 0.243 e. The fourth-order valence-electron chi connectivity index (χ4n) is 2.87. The highest BCUT2D eigenvalue weighted by Crippen LogP contribution is 2.35. The number of aliphatic hydroxyl groups is 1. The SMILES string of the molecule is [C-]#[N+]c1ccc(OCC2(CO)CN(S(=O)(=O)c3ccc(C)cc3)C2)cc1F. The summed E-state index contributed by atoms with van der Waals surface area (Å²) in [6.07, 6.45) is 0. The monoisotopic (exact) mass is 390 g/mol. The van der Waals surface area contributed by atoms with E-state index in [0.717, 1.165) is 11.6 Å². The highest BCUT2D eigenvalue weighted by molar-refractivity contribution is 7.89. The van der Waals surface area contributed by atoms with Crippen molar-refractivity contribution in [3.8, 4) is 5.75 Å². The Morgan fingerprint density at radius 2 is 1.93 bits per heavy atom. The molecule has 3 rings (SSSR count). The Morgan fingerprint density at radius 1 is 1.26 bits per heavy atom. The molecule has 1 fully saturated rings. The first-order chi connectivity index (χ1) is 12.8. The fourth-order valence-corrected chi connectivity index (χ4v) is 4.54. The average molecular weight is 390 g/mol. The van der Waals surface area contributed by atoms with Crippen molar-refractivity contribution in [3.05, 3.63) is 65.3 Å². The minimum Gasteiger partial charge on any atom is -0.493 e. The molecule has 0 radical (unpaired) electrons. The molecule has 27 heavy (non-hydrogen) atoms. The van der Waals surface area contributed by atoms with Gasteiger partial charge in [0.05, 0.1) is 30.1 Å². The number of halogens is 1. The molecule has 6 nitrogen and oxygen atoms in total. The Hall–Kier alpha value is -2.47. The maximum atomic E-state index is 13.7. The van der Waals surface area contributed by atoms with Crippen LogP contribution in [0, 0.1) is 24.7 Å². The fraction of sp³-hybridized carbons (Fsp3) is 0.316. The maximum absolute atomic E-state index is 13.7. The molecule has 0 aromatic heterocycles. The summed E-state index contributed by atoms with van der Waals surface area (Å²) in [5.41, 5.74) is 0.123. The van der Waals surface area contributed by atoms with Crippen LogP contribution in [0.5, 0.6) is 5.75 Å². The number of ether oxygens (including phenoxy) is 1. The first-order valence-corrected chi connectivity index (χ1v) is 9.71. The van der Waals surface area contributed by atoms with E-state index in [0.29, 0.717) is 0 Å². The van der Waals surface area contributed by atoms with Crippen molar-refractivity contribution >= 4 is 15.7 Å². The number of aryl methyl sites for hydroxylation is 1. The normalized spacial score (nSPS) is 16.4. The summed E-state index contributed by atoms with van der Waals surface area (Å²) >= 11 is 0. The van der Waals surface area contributed by atoms with Crippen LogP contribution < -0.4 is 4.74 Å². The van der Waals surface area contributed by atoms with Crippen molar-refractivity contribution in [2.75, 3.05) is 26.3 Å². The topological polar surface area (TPSA) is 71.2 Å². The number of hydrogen-bond donors (Lipinski definition) is 1. The van der Waals surface area contributed by atoms with Gasteiger partial charge in [-0.15, -0.1) is 0 Å². The summed E-state index contributed by atoms with van der Waals surface area (Å²) in [6.45, 7) is 8.73. The van der Waals surface area contributed by atoms with Crippen LogP contribution in [0.2, 0.25) is 0 Å². The summed E-state index contributed by atoms with van der Waals surface area (Å²) in [5, 5.41) is 9.73. The van der Waals surface area contributed by atoms with Gasteiger partial charge in [-0.3, -0.25) is 0 Å². The lowest BCUT2D eigenvalue weighted by molar-refractivity contribution is -0.0273. The first kappa shape index (κ1) is 19.3. The largest absolute Gasteiger partial charge is 0.493 e. The second kappa shape index (κ2) is 7.27. The molecule has 0 atom stereocenters. The van der Waals surface area contributed by atoms with Gasteiger partial charge in [-0.05, 0) is 31.2 Å². The van der Waals surface area contributed by atoms with Crippen molar-refractivity contribution in [3.63, 3.8) is 0 Å². The van der Waals surface area contributed by atoms with E-state index >= 15 is 0 Å². The van der Waals surface area contributed by atoms with Gasteiger partial charge in [0.1, 0.15) is 11.6 Å². The third-order valence-electron chi connectivity index (χ3n) is 4.60. The zero-order valence-electron chi connectivity index (χ0n) is 14.7. The molecular formula is C19H19FN2O4S. The lowest BCUT2D eigenvalue weighted by atomic mass is 9.83. The number of nitrogens with zero attached hydrogens (tertiary/aromatic N) is 2. The van der Waals surface area contributed by atoms with Crippen LogP contribution in [0.4, 0.5) is 10.1 Å². The van der Waals surface area contributed by atoms with Crippen molar-refractivity contribution in [2.24, 2.45) is 5.41 Å². The molecule has 0 spiro atoms. The van der Waals surface area contributed by atoms with Gasteiger partial charge in [0.25, 0.3) is 0 Å². The average Bonchev–Trinajstić information content (AvgIpc) is 2.61. The highest BCUT2D eigenvalue weighted by Gasteiger charge is 2.48. The predicted octanol–water partition coefficient (Wildman–Crippen LogP) is 2.75. The van der Waals surface area contributed by atoms with Crippen LogP contribution in [0.1, 0.15) is 5.56 Å². The summed E-state index contributed by atoms with van der Waals surface area (Å²) < 4.78 is 45.8. The third kappa shape index (κ3) is 3.81. The molecule has 8 heteroatoms. The first-order valence-electron chi connectivity index (χ1n) is 8.27. The van der Waals surface area contributed by atoms with Gasteiger partial charge in [0.2, 0.25) is 15.7 Å². The summed E-state index contributed by atoms with van der Waals surface area (Å²) in [7, 11) is -3.63. The standard InChI is InChI=1S/C19H19FN2O4S/c1-14-3-6-16(7-4-14)27(24,25)22-10-19(11-22,12-23)13-26-15-5-8-18(21-2)17(20)9-15/h3-9,23H,10-13H2,1H3. The Bertz CT molecular complexity index is 978. The van der Waals surface area contributed by atoms with Gasteiger partial charge in [0.15, 0.2) is 0 Å². The van der Waals surface area contributed by atoms with Crippen LogP contribution in [-0.4, -0.2) is 44.1 Å². The molecule has 0 unspecified atom stereocenters. The Balaban J connectivity index is 1.66. The van der Waals surface area contributed by atoms with Crippen LogP contribution >= 0.6 is 0 Å². The van der Waals surface area contributed by atoms with Gasteiger partial charge < -0.3 is 9.84 Å². The molecule has 0 saturated carbocycles. The van der Waals surface area contributed by atoms with E-state index in [2.05, 4.69) is 4.85 Å². The van der Waals surface area contributed by atoms with Crippen LogP contribution in [0.3, 0.4) is 0 Å². The van der Waals surface area contributed by atoms with E-state index in [4.69, 9.17) is 11.3 Å². The second-order valence-corrected chi connectivity index (χ2v) is 8.70. The van der Waals surface area contributed by atoms with Gasteiger partial charge >= 0.3 is 0 Å². The van der Waals surface area contributed by atoms with Crippen molar-refractivity contribution in [2.45, 2.75) is 11.8 Å². The van der Waals surface area contributed by atoms with E-state index in [1.54, 1.807) is 24.3 Å². The summed E-state index contributed by atoms with van der Waals surface area (Å²) in [4.78, 5) is 3.25. The van der Waals surface area contributed by atoms with E-state index in [1.165, 1.54) is 16.4 Å². The molecule has 0 amide bonds. The quantitative estimate of drug-likeness (QED) is 0.770. The molecule has 2 aromatic rings. The van der Waals surface area contributed by atoms with E-state index in [-0.39, 0.29) is 42.6 Å². The second-order valence-electron chi connectivity index (χ2n) is 6.76. The molecule has 1 heterocycles. The lowest BCUT2D eigenvalue weighted by Gasteiger charge is -2.47. The van der Waals surface area contributed by atoms with Gasteiger partial charge in [0, 0.05) is 19.2 Å². The van der Waals surface area contributed by atoms with E-state index in [9.17, 15) is 17.9 Å². The minimum atomic E-state index is -3.63. The Kier molecular flexibility index (Phi) is 5.20. The highest BCUT2D eigenvalue weighted by atomic mass is 32.2. The lowest BCUT2D eigenvalue weighted by Crippen LogP contribution is -2.62. The van der Waals surface area contributed by atoms with E-state index < -0.39 is 21.3 Å². The van der Waals surface area contributed by atoms with Crippen LogP contribution in [-0.2, 0) is 10.0 Å². The molecular weight excluding hydrogens is 371 g/mol. The molecule has 0 aliphatic carbocycles. The molecule has 1 saturated heterocycles. The zero-order valence-corrected chi connectivity index (χ0v) is 15.5. The molecule has 1 N–H and O–H groups in total. The van der Waals surface area contributed by atoms with Crippen molar-refractivity contribution < 1.29 is 22.7 Å². The molecule has 2 aromatic carbocycles. The minimum absolute atomic E-state index is 0.0419. The van der Waals surface area contributed by atoms with Gasteiger partial charge in [-0.25, -0.2) is 17.7 Å². The third-order valence-corrected chi connectivity index (χ3v) is 6.41. The summed E-state index contributed by atoms with van der Waals surface area (Å²) in [6, 6.07) is 10.5. The van der Waals surface area contributed by atoms with Crippen LogP contribution in [0.15, 0.2) is 47.4 Å². The Morgan fingerprint density at radius 3 is 2.48 bits per heavy atom. The number of hydrogen-bond acceptors (Lipinski definition) is 4. The Labute approximate surface area is 157 Å².